The van der Waals surface area contributed by atoms with Crippen molar-refractivity contribution in [3.05, 3.63) is 100 Å². The van der Waals surface area contributed by atoms with E-state index in [-0.39, 0.29) is 23.8 Å². The van der Waals surface area contributed by atoms with Crippen LogP contribution < -0.4 is 10.2 Å². The lowest BCUT2D eigenvalue weighted by molar-refractivity contribution is -0.122. The molecule has 0 radical (unpaired) electrons. The molecule has 1 aliphatic carbocycles. The van der Waals surface area contributed by atoms with Crippen LogP contribution >= 0.6 is 0 Å². The van der Waals surface area contributed by atoms with Gasteiger partial charge in [-0.1, -0.05) is 49.3 Å². The molecule has 0 saturated carbocycles. The van der Waals surface area contributed by atoms with Gasteiger partial charge in [0.15, 0.2) is 0 Å². The summed E-state index contributed by atoms with van der Waals surface area (Å²) in [7, 11) is -0.993. The fourth-order valence-electron chi connectivity index (χ4n) is 7.72. The molecule has 6 rings (SSSR count). The van der Waals surface area contributed by atoms with Crippen LogP contribution in [0.1, 0.15) is 62.6 Å². The number of carbonyl (C=O) groups excluding carboxylic acids is 2. The van der Waals surface area contributed by atoms with E-state index in [1.165, 1.54) is 16.0 Å². The number of hydrogen-bond acceptors (Lipinski definition) is 6. The number of para-hydroxylation sites is 1. The molecular formula is C38H43BN2O5. The third kappa shape index (κ3) is 6.16. The Morgan fingerprint density at radius 2 is 1.65 bits per heavy atom. The molecule has 2 amide bonds. The van der Waals surface area contributed by atoms with Crippen LogP contribution in [0.5, 0.6) is 5.75 Å². The summed E-state index contributed by atoms with van der Waals surface area (Å²) in [5, 5.41) is 24.5. The van der Waals surface area contributed by atoms with E-state index in [1.807, 2.05) is 80.6 Å². The van der Waals surface area contributed by atoms with Crippen LogP contribution in [0.15, 0.2) is 83.4 Å². The van der Waals surface area contributed by atoms with Gasteiger partial charge in [0.05, 0.1) is 23.6 Å². The first-order chi connectivity index (χ1) is 22.2. The maximum Gasteiger partial charge on any atom is 0.455 e. The zero-order valence-electron chi connectivity index (χ0n) is 27.1. The lowest BCUT2D eigenvalue weighted by Crippen LogP contribution is -2.46. The van der Waals surface area contributed by atoms with Crippen LogP contribution in [0.4, 0.5) is 17.1 Å². The van der Waals surface area contributed by atoms with E-state index >= 15 is 0 Å². The summed E-state index contributed by atoms with van der Waals surface area (Å²) in [4.78, 5) is 29.3. The second-order valence-electron chi connectivity index (χ2n) is 12.9. The Kier molecular flexibility index (Phi) is 9.21. The Morgan fingerprint density at radius 1 is 0.978 bits per heavy atom. The Morgan fingerprint density at radius 3 is 2.30 bits per heavy atom. The first-order valence-corrected chi connectivity index (χ1v) is 16.5. The highest BCUT2D eigenvalue weighted by atomic mass is 16.5. The smallest absolute Gasteiger partial charge is 0.455 e. The van der Waals surface area contributed by atoms with Gasteiger partial charge in [-0.25, -0.2) is 0 Å². The molecule has 2 saturated heterocycles. The molecule has 3 aliphatic rings. The largest absolute Gasteiger partial charge is 0.507 e. The van der Waals surface area contributed by atoms with Crippen LogP contribution in [0.25, 0.3) is 6.08 Å². The minimum Gasteiger partial charge on any atom is -0.507 e. The van der Waals surface area contributed by atoms with Crippen molar-refractivity contribution in [1.82, 2.24) is 0 Å². The highest BCUT2D eigenvalue weighted by Gasteiger charge is 2.57. The number of rotatable bonds is 9. The number of phenolic OH excluding ortho intramolecular Hbond substituents is 1. The molecule has 0 unspecified atom stereocenters. The van der Waals surface area contributed by atoms with Gasteiger partial charge in [0.2, 0.25) is 11.8 Å². The van der Waals surface area contributed by atoms with Crippen LogP contribution in [-0.4, -0.2) is 35.2 Å². The summed E-state index contributed by atoms with van der Waals surface area (Å²) in [5.41, 5.74) is 8.71. The fourth-order valence-corrected chi connectivity index (χ4v) is 7.72. The Labute approximate surface area is 272 Å². The van der Waals surface area contributed by atoms with E-state index in [9.17, 15) is 19.7 Å². The van der Waals surface area contributed by atoms with Crippen molar-refractivity contribution in [3.8, 4) is 5.75 Å². The summed E-state index contributed by atoms with van der Waals surface area (Å²) in [5.74, 6) is -1.19. The van der Waals surface area contributed by atoms with E-state index < -0.39 is 19.0 Å². The number of nitrogens with one attached hydrogen (secondary N) is 1. The molecule has 0 spiro atoms. The molecule has 0 aromatic heterocycles. The number of aromatic hydroxyl groups is 1. The van der Waals surface area contributed by atoms with Crippen LogP contribution in [0.2, 0.25) is 6.32 Å². The third-order valence-electron chi connectivity index (χ3n) is 9.99. The maximum atomic E-state index is 14.1. The number of allylic oxidation sites excluding steroid dienone is 2. The predicted octanol–water partition coefficient (Wildman–Crippen LogP) is 7.74. The molecule has 3 aromatic rings. The summed E-state index contributed by atoms with van der Waals surface area (Å²) in [6.45, 7) is 8.06. The predicted molar refractivity (Wildman–Crippen MR) is 184 cm³/mol. The first-order valence-electron chi connectivity index (χ1n) is 16.5. The lowest BCUT2D eigenvalue weighted by Gasteiger charge is -2.43. The lowest BCUT2D eigenvalue weighted by atomic mass is 9.58. The number of amides is 2. The van der Waals surface area contributed by atoms with Crippen molar-refractivity contribution >= 4 is 42.1 Å². The molecule has 0 bridgehead atoms. The highest BCUT2D eigenvalue weighted by molar-refractivity contribution is 6.43. The number of fused-ring (bicyclic) bond motifs is 3. The maximum absolute atomic E-state index is 14.1. The quantitative estimate of drug-likeness (QED) is 0.129. The van der Waals surface area contributed by atoms with Crippen molar-refractivity contribution < 1.29 is 24.4 Å². The highest BCUT2D eigenvalue weighted by Crippen LogP contribution is 2.52. The van der Waals surface area contributed by atoms with Gasteiger partial charge in [-0.05, 0) is 129 Å². The van der Waals surface area contributed by atoms with Gasteiger partial charge in [-0.2, -0.15) is 0 Å². The van der Waals surface area contributed by atoms with E-state index in [1.54, 1.807) is 0 Å². The van der Waals surface area contributed by atoms with E-state index in [2.05, 4.69) is 25.2 Å². The van der Waals surface area contributed by atoms with Crippen molar-refractivity contribution in [1.29, 1.82) is 0 Å². The molecule has 4 atom stereocenters. The molecule has 46 heavy (non-hydrogen) atoms. The molecule has 3 N–H and O–H groups in total. The SMILES string of the molecule is CCC1=C2[C@@H](CC/C(=C/c3cc(C)c(O)c(C)c3)CC)OB(O)C[C@@H]2[C@@H]2C(=O)N(c3ccc(Nc4ccccc4)cc3)C(=O)[C@@H]2C1. The van der Waals surface area contributed by atoms with E-state index in [0.29, 0.717) is 30.6 Å². The minimum absolute atomic E-state index is 0.156. The van der Waals surface area contributed by atoms with Gasteiger partial charge in [0.1, 0.15) is 5.75 Å². The average molecular weight is 619 g/mol. The zero-order valence-corrected chi connectivity index (χ0v) is 27.1. The number of imide groups is 1. The number of nitrogens with zero attached hydrogens (tertiary/aromatic N) is 1. The normalized spacial score (nSPS) is 23.1. The van der Waals surface area contributed by atoms with Crippen LogP contribution in [0, 0.1) is 31.6 Å². The van der Waals surface area contributed by atoms with E-state index in [0.717, 1.165) is 52.9 Å². The average Bonchev–Trinajstić information content (AvgIpc) is 3.30. The number of benzene rings is 3. The number of phenols is 1. The minimum atomic E-state index is -0.993. The molecule has 2 aliphatic heterocycles. The molecule has 8 heteroatoms. The molecule has 238 valence electrons. The monoisotopic (exact) mass is 618 g/mol. The second kappa shape index (κ2) is 13.3. The van der Waals surface area contributed by atoms with Gasteiger partial charge < -0.3 is 20.1 Å². The molecule has 2 heterocycles. The molecular weight excluding hydrogens is 575 g/mol. The Balaban J connectivity index is 1.22. The zero-order chi connectivity index (χ0) is 32.5. The number of carbonyl (C=O) groups is 2. The van der Waals surface area contributed by atoms with Gasteiger partial charge >= 0.3 is 7.12 Å². The number of aryl methyl sites for hydroxylation is 2. The summed E-state index contributed by atoms with van der Waals surface area (Å²) in [6.07, 6.45) is 5.81. The molecule has 7 nitrogen and oxygen atoms in total. The summed E-state index contributed by atoms with van der Waals surface area (Å²) in [6, 6.07) is 21.3. The van der Waals surface area contributed by atoms with Gasteiger partial charge in [-0.15, -0.1) is 0 Å². The topological polar surface area (TPSA) is 99.1 Å². The van der Waals surface area contributed by atoms with Crippen molar-refractivity contribution in [2.75, 3.05) is 10.2 Å². The Bertz CT molecular complexity index is 1660. The van der Waals surface area contributed by atoms with Gasteiger partial charge in [0, 0.05) is 11.4 Å². The van der Waals surface area contributed by atoms with E-state index in [4.69, 9.17) is 4.65 Å². The standard InChI is InChI=1S/C38H43BN2O5/c1-5-25(20-26-18-23(3)36(42)24(4)19-26)12-17-33-34-27(6-2)21-31-35(32(34)22-39(45)46-33)38(44)41(37(31)43)30-15-13-29(14-16-30)40-28-10-8-7-9-11-28/h7-11,13-16,18-20,31-33,35,40,42,45H,5-6,12,17,21-22H2,1-4H3/b25-20+/t31-,32+,33-,35-/m1/s1. The van der Waals surface area contributed by atoms with Crippen LogP contribution in [0.3, 0.4) is 0 Å². The molecule has 3 aromatic carbocycles. The number of hydrogen-bond donors (Lipinski definition) is 3. The van der Waals surface area contributed by atoms with Crippen molar-refractivity contribution in [2.24, 2.45) is 17.8 Å². The van der Waals surface area contributed by atoms with Crippen LogP contribution in [-0.2, 0) is 14.2 Å². The number of anilines is 3. The van der Waals surface area contributed by atoms with Gasteiger partial charge in [0.25, 0.3) is 0 Å². The summed E-state index contributed by atoms with van der Waals surface area (Å²) < 4.78 is 6.19. The molecule has 2 fully saturated rings. The second-order valence-corrected chi connectivity index (χ2v) is 12.9. The summed E-state index contributed by atoms with van der Waals surface area (Å²) >= 11 is 0. The first kappa shape index (κ1) is 31.8. The van der Waals surface area contributed by atoms with Crippen molar-refractivity contribution in [3.63, 3.8) is 0 Å². The van der Waals surface area contributed by atoms with Gasteiger partial charge in [-0.3, -0.25) is 14.5 Å². The third-order valence-corrected chi connectivity index (χ3v) is 9.99. The Hall–Kier alpha value is -4.14. The van der Waals surface area contributed by atoms with Crippen molar-refractivity contribution in [2.45, 2.75) is 72.2 Å². The fraction of sp³-hybridized carbons (Fsp3) is 0.368.